The average molecular weight is 443 g/mol. The van der Waals surface area contributed by atoms with Gasteiger partial charge in [-0.25, -0.2) is 9.49 Å². The Kier molecular flexibility index (Phi) is 4.78. The maximum atomic E-state index is 13.9. The van der Waals surface area contributed by atoms with E-state index in [-0.39, 0.29) is 10.6 Å². The molecule has 0 amide bonds. The number of nitrogens with one attached hydrogen (secondary N) is 2. The average Bonchev–Trinajstić information content (AvgIpc) is 3.30. The molecule has 2 aromatic carbocycles. The third-order valence-electron chi connectivity index (χ3n) is 3.81. The maximum absolute atomic E-state index is 13.9. The summed E-state index contributed by atoms with van der Waals surface area (Å²) in [4.78, 5) is 0. The number of aromatic amines is 2. The van der Waals surface area contributed by atoms with Crippen LogP contribution in [-0.4, -0.2) is 31.3 Å². The Bertz CT molecular complexity index is 1180. The second kappa shape index (κ2) is 7.37. The van der Waals surface area contributed by atoms with Gasteiger partial charge >= 0.3 is 0 Å². The van der Waals surface area contributed by atoms with Crippen LogP contribution in [0.15, 0.2) is 64.2 Å². The Morgan fingerprint density at radius 3 is 2.70 bits per heavy atom. The highest BCUT2D eigenvalue weighted by molar-refractivity contribution is 9.10. The predicted octanol–water partition coefficient (Wildman–Crippen LogP) is 4.78. The van der Waals surface area contributed by atoms with Crippen molar-refractivity contribution in [1.29, 1.82) is 0 Å². The van der Waals surface area contributed by atoms with Gasteiger partial charge in [-0.05, 0) is 36.5 Å². The lowest BCUT2D eigenvalue weighted by molar-refractivity contribution is 0.625. The van der Waals surface area contributed by atoms with Gasteiger partial charge in [-0.2, -0.15) is 20.0 Å². The summed E-state index contributed by atoms with van der Waals surface area (Å²) in [7, 11) is 0. The molecule has 0 unspecified atom stereocenters. The first kappa shape index (κ1) is 17.5. The summed E-state index contributed by atoms with van der Waals surface area (Å²) in [6.45, 7) is 0. The molecule has 0 aliphatic heterocycles. The first-order valence-corrected chi connectivity index (χ1v) is 9.10. The van der Waals surface area contributed by atoms with Gasteiger partial charge in [-0.3, -0.25) is 5.10 Å². The van der Waals surface area contributed by atoms with Crippen LogP contribution in [0, 0.1) is 10.6 Å². The van der Waals surface area contributed by atoms with Gasteiger partial charge in [-0.1, -0.05) is 46.3 Å². The van der Waals surface area contributed by atoms with Crippen LogP contribution in [0.3, 0.4) is 0 Å². The summed E-state index contributed by atoms with van der Waals surface area (Å²) in [5.74, 6) is 0.0627. The molecule has 134 valence electrons. The molecule has 2 aromatic heterocycles. The van der Waals surface area contributed by atoms with Gasteiger partial charge in [0.1, 0.15) is 11.5 Å². The van der Waals surface area contributed by atoms with Gasteiger partial charge in [0.05, 0.1) is 11.9 Å². The van der Waals surface area contributed by atoms with Crippen LogP contribution in [0.4, 0.5) is 4.39 Å². The van der Waals surface area contributed by atoms with E-state index in [2.05, 4.69) is 41.4 Å². The van der Waals surface area contributed by atoms with Crippen LogP contribution >= 0.6 is 28.1 Å². The van der Waals surface area contributed by atoms with Gasteiger partial charge in [0.25, 0.3) is 0 Å². The predicted molar refractivity (Wildman–Crippen MR) is 108 cm³/mol. The standard InChI is InChI=1S/C18H12BrFN6S/c19-13-6-7-14(20)12(8-13)10-21-26-17(24-25-18(26)27)16-9-15(22-23-16)11-4-2-1-3-5-11/h1-10H,(H,22,23)(H,25,27). The van der Waals surface area contributed by atoms with Crippen molar-refractivity contribution in [2.45, 2.75) is 0 Å². The van der Waals surface area contributed by atoms with E-state index in [1.54, 1.807) is 12.1 Å². The van der Waals surface area contributed by atoms with Crippen LogP contribution in [0.25, 0.3) is 22.8 Å². The van der Waals surface area contributed by atoms with E-state index in [0.717, 1.165) is 15.7 Å². The van der Waals surface area contributed by atoms with Gasteiger partial charge in [0, 0.05) is 15.6 Å². The minimum atomic E-state index is -0.383. The van der Waals surface area contributed by atoms with Crippen molar-refractivity contribution in [3.05, 3.63) is 75.2 Å². The summed E-state index contributed by atoms with van der Waals surface area (Å²) in [5.41, 5.74) is 2.70. The number of H-pyrrole nitrogens is 2. The Labute approximate surface area is 166 Å². The van der Waals surface area contributed by atoms with Gasteiger partial charge in [-0.15, -0.1) is 0 Å². The molecule has 9 heteroatoms. The molecule has 27 heavy (non-hydrogen) atoms. The molecule has 0 aliphatic carbocycles. The van der Waals surface area contributed by atoms with Crippen LogP contribution in [-0.2, 0) is 0 Å². The van der Waals surface area contributed by atoms with Gasteiger partial charge in [0.15, 0.2) is 0 Å². The van der Waals surface area contributed by atoms with E-state index in [9.17, 15) is 4.39 Å². The first-order chi connectivity index (χ1) is 13.1. The van der Waals surface area contributed by atoms with E-state index in [1.807, 2.05) is 36.4 Å². The summed E-state index contributed by atoms with van der Waals surface area (Å²) >= 11 is 8.56. The largest absolute Gasteiger partial charge is 0.274 e. The van der Waals surface area contributed by atoms with Crippen molar-refractivity contribution in [2.24, 2.45) is 5.10 Å². The molecule has 4 rings (SSSR count). The van der Waals surface area contributed by atoms with Crippen molar-refractivity contribution in [1.82, 2.24) is 25.1 Å². The lowest BCUT2D eigenvalue weighted by atomic mass is 10.1. The molecule has 0 saturated carbocycles. The molecule has 0 radical (unpaired) electrons. The number of hydrogen-bond acceptors (Lipinski definition) is 4. The highest BCUT2D eigenvalue weighted by Gasteiger charge is 2.12. The second-order valence-corrected chi connectivity index (χ2v) is 6.91. The Hall–Kier alpha value is -2.91. The summed E-state index contributed by atoms with van der Waals surface area (Å²) < 4.78 is 16.4. The first-order valence-electron chi connectivity index (χ1n) is 7.90. The zero-order chi connectivity index (χ0) is 18.8. The molecular formula is C18H12BrFN6S. The minimum Gasteiger partial charge on any atom is -0.274 e. The van der Waals surface area contributed by atoms with E-state index < -0.39 is 0 Å². The molecular weight excluding hydrogens is 431 g/mol. The Balaban J connectivity index is 1.71. The van der Waals surface area contributed by atoms with Gasteiger partial charge in [0.2, 0.25) is 10.6 Å². The van der Waals surface area contributed by atoms with E-state index in [0.29, 0.717) is 17.1 Å². The molecule has 0 spiro atoms. The fraction of sp³-hybridized carbons (Fsp3) is 0. The summed E-state index contributed by atoms with van der Waals surface area (Å²) in [6.07, 6.45) is 1.39. The fourth-order valence-corrected chi connectivity index (χ4v) is 3.06. The number of aromatic nitrogens is 5. The lowest BCUT2D eigenvalue weighted by Gasteiger charge is -1.99. The molecule has 0 saturated heterocycles. The number of halogens is 2. The third-order valence-corrected chi connectivity index (χ3v) is 4.57. The van der Waals surface area contributed by atoms with Crippen molar-refractivity contribution < 1.29 is 4.39 Å². The van der Waals surface area contributed by atoms with Crippen LogP contribution in [0.2, 0.25) is 0 Å². The monoisotopic (exact) mass is 442 g/mol. The van der Waals surface area contributed by atoms with Crippen LogP contribution in [0.1, 0.15) is 5.56 Å². The number of nitrogens with zero attached hydrogens (tertiary/aromatic N) is 4. The van der Waals surface area contributed by atoms with Crippen LogP contribution in [0.5, 0.6) is 0 Å². The Morgan fingerprint density at radius 1 is 1.07 bits per heavy atom. The molecule has 6 nitrogen and oxygen atoms in total. The molecule has 2 heterocycles. The van der Waals surface area contributed by atoms with Crippen LogP contribution < -0.4 is 0 Å². The molecule has 0 bridgehead atoms. The third kappa shape index (κ3) is 3.64. The zero-order valence-electron chi connectivity index (χ0n) is 13.7. The molecule has 0 fully saturated rings. The maximum Gasteiger partial charge on any atom is 0.216 e. The highest BCUT2D eigenvalue weighted by Crippen LogP contribution is 2.22. The molecule has 0 aliphatic rings. The van der Waals surface area contributed by atoms with Crippen molar-refractivity contribution in [3.8, 4) is 22.8 Å². The van der Waals surface area contributed by atoms with Crippen molar-refractivity contribution >= 4 is 34.4 Å². The summed E-state index contributed by atoms with van der Waals surface area (Å²) in [5, 5.41) is 18.4. The van der Waals surface area contributed by atoms with Gasteiger partial charge < -0.3 is 0 Å². The second-order valence-electron chi connectivity index (χ2n) is 5.61. The number of benzene rings is 2. The fourth-order valence-electron chi connectivity index (χ4n) is 2.50. The quantitative estimate of drug-likeness (QED) is 0.352. The SMILES string of the molecule is Fc1ccc(Br)cc1C=Nn1c(-c2cc(-c3ccccc3)n[nH]2)n[nH]c1=S. The minimum absolute atomic E-state index is 0.285. The van der Waals surface area contributed by atoms with E-state index in [1.165, 1.54) is 17.0 Å². The van der Waals surface area contributed by atoms with Crippen molar-refractivity contribution in [3.63, 3.8) is 0 Å². The number of rotatable bonds is 4. The summed E-state index contributed by atoms with van der Waals surface area (Å²) in [6, 6.07) is 16.2. The zero-order valence-corrected chi connectivity index (χ0v) is 16.1. The van der Waals surface area contributed by atoms with Crippen molar-refractivity contribution in [2.75, 3.05) is 0 Å². The van der Waals surface area contributed by atoms with E-state index in [4.69, 9.17) is 12.2 Å². The van der Waals surface area contributed by atoms with E-state index >= 15 is 0 Å². The Morgan fingerprint density at radius 2 is 1.89 bits per heavy atom. The normalized spacial score (nSPS) is 11.3. The molecule has 4 aromatic rings. The topological polar surface area (TPSA) is 74.7 Å². The highest BCUT2D eigenvalue weighted by atomic mass is 79.9. The smallest absolute Gasteiger partial charge is 0.216 e. The molecule has 2 N–H and O–H groups in total. The lowest BCUT2D eigenvalue weighted by Crippen LogP contribution is -1.96. The molecule has 0 atom stereocenters. The number of hydrogen-bond donors (Lipinski definition) is 2.